The molecule has 1 atom stereocenters. The van der Waals surface area contributed by atoms with Crippen LogP contribution in [0.15, 0.2) is 53.7 Å². The number of benzene rings is 1. The molecule has 1 unspecified atom stereocenters. The molecule has 1 fully saturated rings. The van der Waals surface area contributed by atoms with Gasteiger partial charge in [-0.05, 0) is 36.6 Å². The van der Waals surface area contributed by atoms with Crippen LogP contribution in [0.2, 0.25) is 0 Å². The zero-order chi connectivity index (χ0) is 22.7. The number of hydrogen-bond acceptors (Lipinski definition) is 5. The SMILES string of the molecule is CCc1ccc(C(C)NC(=O)CN2CCN(S(=O)(=O)c3c[nH]c4ncccc34)CC2)cc1. The van der Waals surface area contributed by atoms with Gasteiger partial charge in [0.25, 0.3) is 0 Å². The van der Waals surface area contributed by atoms with Crippen molar-refractivity contribution in [3.8, 4) is 0 Å². The summed E-state index contributed by atoms with van der Waals surface area (Å²) in [7, 11) is -3.62. The number of nitrogens with zero attached hydrogens (tertiary/aromatic N) is 3. The van der Waals surface area contributed by atoms with Crippen LogP contribution in [0.25, 0.3) is 11.0 Å². The molecule has 2 N–H and O–H groups in total. The minimum Gasteiger partial charge on any atom is -0.348 e. The van der Waals surface area contributed by atoms with Crippen molar-refractivity contribution in [2.24, 2.45) is 0 Å². The van der Waals surface area contributed by atoms with E-state index in [1.54, 1.807) is 18.3 Å². The van der Waals surface area contributed by atoms with Gasteiger partial charge in [-0.2, -0.15) is 4.31 Å². The van der Waals surface area contributed by atoms with E-state index in [4.69, 9.17) is 0 Å². The first-order valence-corrected chi connectivity index (χ1v) is 12.4. The number of hydrogen-bond donors (Lipinski definition) is 2. The molecule has 3 aromatic rings. The fraction of sp³-hybridized carbons (Fsp3) is 0.391. The summed E-state index contributed by atoms with van der Waals surface area (Å²) in [5.41, 5.74) is 2.89. The van der Waals surface area contributed by atoms with Gasteiger partial charge in [-0.1, -0.05) is 31.2 Å². The molecule has 1 saturated heterocycles. The smallest absolute Gasteiger partial charge is 0.245 e. The number of aromatic amines is 1. The predicted octanol–water partition coefficient (Wildman–Crippen LogP) is 2.31. The van der Waals surface area contributed by atoms with Crippen LogP contribution >= 0.6 is 0 Å². The highest BCUT2D eigenvalue weighted by atomic mass is 32.2. The second kappa shape index (κ2) is 9.40. The molecule has 1 aliphatic heterocycles. The van der Waals surface area contributed by atoms with Gasteiger partial charge < -0.3 is 10.3 Å². The third-order valence-electron chi connectivity index (χ3n) is 5.99. The van der Waals surface area contributed by atoms with Crippen LogP contribution in [0, 0.1) is 0 Å². The van der Waals surface area contributed by atoms with E-state index >= 15 is 0 Å². The van der Waals surface area contributed by atoms with E-state index in [2.05, 4.69) is 34.3 Å². The van der Waals surface area contributed by atoms with E-state index in [1.807, 2.05) is 24.0 Å². The molecule has 0 aliphatic carbocycles. The van der Waals surface area contributed by atoms with Crippen LogP contribution in [0.3, 0.4) is 0 Å². The average Bonchev–Trinajstić information content (AvgIpc) is 3.24. The van der Waals surface area contributed by atoms with Crippen molar-refractivity contribution < 1.29 is 13.2 Å². The van der Waals surface area contributed by atoms with Crippen molar-refractivity contribution in [1.82, 2.24) is 24.5 Å². The highest BCUT2D eigenvalue weighted by Crippen LogP contribution is 2.25. The second-order valence-electron chi connectivity index (χ2n) is 8.12. The van der Waals surface area contributed by atoms with Crippen LogP contribution < -0.4 is 5.32 Å². The van der Waals surface area contributed by atoms with E-state index in [1.165, 1.54) is 16.1 Å². The van der Waals surface area contributed by atoms with E-state index in [-0.39, 0.29) is 23.4 Å². The number of carbonyl (C=O) groups is 1. The van der Waals surface area contributed by atoms with Crippen LogP contribution in [0.5, 0.6) is 0 Å². The van der Waals surface area contributed by atoms with Crippen molar-refractivity contribution >= 4 is 27.0 Å². The summed E-state index contributed by atoms with van der Waals surface area (Å²) in [5.74, 6) is -0.0592. The van der Waals surface area contributed by atoms with Crippen LogP contribution in [0.4, 0.5) is 0 Å². The van der Waals surface area contributed by atoms with Crippen molar-refractivity contribution in [1.29, 1.82) is 0 Å². The fourth-order valence-electron chi connectivity index (χ4n) is 4.03. The Morgan fingerprint density at radius 2 is 1.88 bits per heavy atom. The molecule has 1 aliphatic rings. The second-order valence-corrected chi connectivity index (χ2v) is 10.0. The number of amides is 1. The topological polar surface area (TPSA) is 98.4 Å². The summed E-state index contributed by atoms with van der Waals surface area (Å²) in [6.07, 6.45) is 4.11. The lowest BCUT2D eigenvalue weighted by Crippen LogP contribution is -2.51. The number of sulfonamides is 1. The standard InChI is InChI=1S/C23H29N5O3S/c1-3-18-6-8-19(9-7-18)17(2)26-22(29)16-27-11-13-28(14-12-27)32(30,31)21-15-25-23-20(21)5-4-10-24-23/h4-10,15,17H,3,11-14,16H2,1-2H3,(H,24,25)(H,26,29). The van der Waals surface area contributed by atoms with Gasteiger partial charge in [-0.3, -0.25) is 9.69 Å². The van der Waals surface area contributed by atoms with Gasteiger partial charge in [-0.15, -0.1) is 0 Å². The molecule has 170 valence electrons. The lowest BCUT2D eigenvalue weighted by atomic mass is 10.1. The van der Waals surface area contributed by atoms with Crippen molar-refractivity contribution in [3.05, 3.63) is 59.9 Å². The Morgan fingerprint density at radius 1 is 1.16 bits per heavy atom. The minimum absolute atomic E-state index is 0.0592. The summed E-state index contributed by atoms with van der Waals surface area (Å²) in [4.78, 5) is 21.9. The number of carbonyl (C=O) groups excluding carboxylic acids is 1. The monoisotopic (exact) mass is 455 g/mol. The lowest BCUT2D eigenvalue weighted by Gasteiger charge is -2.33. The van der Waals surface area contributed by atoms with Gasteiger partial charge in [-0.25, -0.2) is 13.4 Å². The summed E-state index contributed by atoms with van der Waals surface area (Å²) in [6, 6.07) is 11.7. The zero-order valence-corrected chi connectivity index (χ0v) is 19.2. The highest BCUT2D eigenvalue weighted by Gasteiger charge is 2.31. The first kappa shape index (κ1) is 22.4. The first-order chi connectivity index (χ1) is 15.4. The normalized spacial score (nSPS) is 16.8. The lowest BCUT2D eigenvalue weighted by molar-refractivity contribution is -0.123. The number of pyridine rings is 1. The van der Waals surface area contributed by atoms with Gasteiger partial charge >= 0.3 is 0 Å². The predicted molar refractivity (Wildman–Crippen MR) is 124 cm³/mol. The molecular weight excluding hydrogens is 426 g/mol. The maximum absolute atomic E-state index is 13.1. The van der Waals surface area contributed by atoms with Gasteiger partial charge in [0.1, 0.15) is 10.5 Å². The molecule has 0 saturated carbocycles. The van der Waals surface area contributed by atoms with E-state index in [0.717, 1.165) is 12.0 Å². The molecule has 2 aromatic heterocycles. The largest absolute Gasteiger partial charge is 0.348 e. The summed E-state index contributed by atoms with van der Waals surface area (Å²) >= 11 is 0. The van der Waals surface area contributed by atoms with Crippen molar-refractivity contribution in [2.75, 3.05) is 32.7 Å². The number of aryl methyl sites for hydroxylation is 1. The number of rotatable bonds is 7. The Bertz CT molecular complexity index is 1180. The zero-order valence-electron chi connectivity index (χ0n) is 18.4. The first-order valence-electron chi connectivity index (χ1n) is 10.9. The Morgan fingerprint density at radius 3 is 2.56 bits per heavy atom. The number of fused-ring (bicyclic) bond motifs is 1. The van der Waals surface area contributed by atoms with Crippen molar-refractivity contribution in [3.63, 3.8) is 0 Å². The quantitative estimate of drug-likeness (QED) is 0.570. The Labute approximate surface area is 188 Å². The van der Waals surface area contributed by atoms with Crippen LogP contribution in [0.1, 0.15) is 31.0 Å². The highest BCUT2D eigenvalue weighted by molar-refractivity contribution is 7.89. The third kappa shape index (κ3) is 4.69. The number of H-pyrrole nitrogens is 1. The molecule has 32 heavy (non-hydrogen) atoms. The average molecular weight is 456 g/mol. The fourth-order valence-corrected chi connectivity index (χ4v) is 5.60. The van der Waals surface area contributed by atoms with Gasteiger partial charge in [0.2, 0.25) is 15.9 Å². The van der Waals surface area contributed by atoms with Crippen LogP contribution in [-0.2, 0) is 21.2 Å². The van der Waals surface area contributed by atoms with Gasteiger partial charge in [0, 0.05) is 44.0 Å². The molecular formula is C23H29N5O3S. The van der Waals surface area contributed by atoms with Crippen LogP contribution in [-0.4, -0.2) is 66.2 Å². The van der Waals surface area contributed by atoms with Crippen molar-refractivity contribution in [2.45, 2.75) is 31.2 Å². The molecule has 0 bridgehead atoms. The molecule has 1 aromatic carbocycles. The maximum Gasteiger partial charge on any atom is 0.245 e. The summed E-state index contributed by atoms with van der Waals surface area (Å²) < 4.78 is 27.7. The maximum atomic E-state index is 13.1. The summed E-state index contributed by atoms with van der Waals surface area (Å²) in [5, 5.41) is 3.63. The Kier molecular flexibility index (Phi) is 6.59. The number of piperazine rings is 1. The molecule has 9 heteroatoms. The number of aromatic nitrogens is 2. The van der Waals surface area contributed by atoms with Gasteiger partial charge in [0.05, 0.1) is 12.6 Å². The molecule has 1 amide bonds. The molecule has 0 spiro atoms. The summed E-state index contributed by atoms with van der Waals surface area (Å²) in [6.45, 7) is 6.04. The molecule has 4 rings (SSSR count). The van der Waals surface area contributed by atoms with E-state index in [9.17, 15) is 13.2 Å². The van der Waals surface area contributed by atoms with E-state index < -0.39 is 10.0 Å². The Balaban J connectivity index is 1.32. The third-order valence-corrected chi connectivity index (χ3v) is 7.93. The van der Waals surface area contributed by atoms with E-state index in [0.29, 0.717) is 37.2 Å². The number of nitrogens with one attached hydrogen (secondary N) is 2. The molecule has 8 nitrogen and oxygen atoms in total. The minimum atomic E-state index is -3.62. The molecule has 3 heterocycles. The Hall–Kier alpha value is -2.75. The van der Waals surface area contributed by atoms with Gasteiger partial charge in [0.15, 0.2) is 0 Å². The molecule has 0 radical (unpaired) electrons.